The Morgan fingerprint density at radius 3 is 3.00 bits per heavy atom. The number of fused-ring (bicyclic) bond motifs is 1. The van der Waals surface area contributed by atoms with Crippen LogP contribution in [0, 0.1) is 0 Å². The lowest BCUT2D eigenvalue weighted by Crippen LogP contribution is -1.91. The van der Waals surface area contributed by atoms with Gasteiger partial charge in [-0.2, -0.15) is 5.10 Å². The van der Waals surface area contributed by atoms with Gasteiger partial charge in [0.15, 0.2) is 0 Å². The van der Waals surface area contributed by atoms with E-state index in [0.717, 1.165) is 25.5 Å². The van der Waals surface area contributed by atoms with Crippen molar-refractivity contribution in [1.29, 1.82) is 0 Å². The molecule has 0 aliphatic rings. The summed E-state index contributed by atoms with van der Waals surface area (Å²) in [5.41, 5.74) is 7.42. The third kappa shape index (κ3) is 1.60. The number of rotatable bonds is 1. The molecular formula is C10H7BrN4S. The van der Waals surface area contributed by atoms with Crippen LogP contribution in [0.25, 0.3) is 15.3 Å². The summed E-state index contributed by atoms with van der Waals surface area (Å²) in [7, 11) is 0. The lowest BCUT2D eigenvalue weighted by atomic mass is 10.3. The molecule has 0 radical (unpaired) electrons. The minimum Gasteiger partial charge on any atom is -0.399 e. The average Bonchev–Trinajstić information content (AvgIpc) is 2.83. The zero-order valence-electron chi connectivity index (χ0n) is 8.09. The number of thiazole rings is 1. The molecule has 3 aromatic rings. The first-order chi connectivity index (χ1) is 7.72. The monoisotopic (exact) mass is 294 g/mol. The van der Waals surface area contributed by atoms with E-state index in [2.05, 4.69) is 26.0 Å². The molecule has 2 heterocycles. The second kappa shape index (κ2) is 3.57. The zero-order chi connectivity index (χ0) is 11.1. The van der Waals surface area contributed by atoms with Gasteiger partial charge in [-0.15, -0.1) is 0 Å². The van der Waals surface area contributed by atoms with Crippen LogP contribution in [0.2, 0.25) is 0 Å². The zero-order valence-corrected chi connectivity index (χ0v) is 10.5. The molecule has 0 saturated heterocycles. The molecule has 0 fully saturated rings. The highest BCUT2D eigenvalue weighted by molar-refractivity contribution is 9.10. The van der Waals surface area contributed by atoms with Crippen LogP contribution in [0.1, 0.15) is 0 Å². The van der Waals surface area contributed by atoms with Gasteiger partial charge in [0.1, 0.15) is 0 Å². The van der Waals surface area contributed by atoms with Gasteiger partial charge >= 0.3 is 0 Å². The van der Waals surface area contributed by atoms with Crippen molar-refractivity contribution in [2.75, 3.05) is 5.73 Å². The van der Waals surface area contributed by atoms with Crippen molar-refractivity contribution in [3.8, 4) is 5.13 Å². The van der Waals surface area contributed by atoms with Crippen LogP contribution in [0.3, 0.4) is 0 Å². The van der Waals surface area contributed by atoms with E-state index in [-0.39, 0.29) is 0 Å². The Kier molecular flexibility index (Phi) is 2.19. The Labute approximate surface area is 104 Å². The number of aromatic nitrogens is 3. The third-order valence-electron chi connectivity index (χ3n) is 2.15. The average molecular weight is 295 g/mol. The molecule has 0 amide bonds. The molecule has 1 aromatic carbocycles. The predicted molar refractivity (Wildman–Crippen MR) is 68.9 cm³/mol. The Bertz CT molecular complexity index is 658. The predicted octanol–water partition coefficient (Wildman–Crippen LogP) is 2.83. The van der Waals surface area contributed by atoms with Crippen molar-refractivity contribution >= 4 is 43.2 Å². The molecular weight excluding hydrogens is 288 g/mol. The van der Waals surface area contributed by atoms with Gasteiger partial charge in [-0.1, -0.05) is 11.3 Å². The van der Waals surface area contributed by atoms with Crippen molar-refractivity contribution in [2.45, 2.75) is 0 Å². The van der Waals surface area contributed by atoms with Crippen LogP contribution in [-0.4, -0.2) is 14.8 Å². The number of benzene rings is 1. The van der Waals surface area contributed by atoms with Crippen molar-refractivity contribution in [2.24, 2.45) is 0 Å². The second-order valence-electron chi connectivity index (χ2n) is 3.33. The van der Waals surface area contributed by atoms with Crippen LogP contribution in [0.5, 0.6) is 0 Å². The smallest absolute Gasteiger partial charge is 0.211 e. The first-order valence-corrected chi connectivity index (χ1v) is 6.20. The topological polar surface area (TPSA) is 56.7 Å². The molecule has 80 valence electrons. The summed E-state index contributed by atoms with van der Waals surface area (Å²) in [5, 5.41) is 5.03. The lowest BCUT2D eigenvalue weighted by Gasteiger charge is -1.90. The molecule has 4 nitrogen and oxygen atoms in total. The van der Waals surface area contributed by atoms with Gasteiger partial charge in [0.25, 0.3) is 0 Å². The quantitative estimate of drug-likeness (QED) is 0.702. The van der Waals surface area contributed by atoms with E-state index in [0.29, 0.717) is 0 Å². The van der Waals surface area contributed by atoms with Gasteiger partial charge < -0.3 is 5.73 Å². The van der Waals surface area contributed by atoms with Crippen molar-refractivity contribution < 1.29 is 0 Å². The van der Waals surface area contributed by atoms with Gasteiger partial charge in [0, 0.05) is 11.9 Å². The van der Waals surface area contributed by atoms with Crippen molar-refractivity contribution in [3.05, 3.63) is 35.1 Å². The highest BCUT2D eigenvalue weighted by Gasteiger charge is 2.06. The van der Waals surface area contributed by atoms with E-state index in [9.17, 15) is 0 Å². The van der Waals surface area contributed by atoms with Crippen molar-refractivity contribution in [1.82, 2.24) is 14.8 Å². The van der Waals surface area contributed by atoms with Gasteiger partial charge in [0.2, 0.25) is 5.13 Å². The molecule has 0 aliphatic carbocycles. The molecule has 6 heteroatoms. The number of hydrogen-bond acceptors (Lipinski definition) is 4. The minimum absolute atomic E-state index is 0.754. The molecule has 16 heavy (non-hydrogen) atoms. The Balaban J connectivity index is 2.18. The highest BCUT2D eigenvalue weighted by Crippen LogP contribution is 2.26. The maximum atomic E-state index is 5.72. The molecule has 2 N–H and O–H groups in total. The summed E-state index contributed by atoms with van der Waals surface area (Å²) in [6.07, 6.45) is 3.61. The second-order valence-corrected chi connectivity index (χ2v) is 5.25. The fourth-order valence-corrected chi connectivity index (χ4v) is 2.67. The summed E-state index contributed by atoms with van der Waals surface area (Å²) in [6, 6.07) is 5.70. The summed E-state index contributed by atoms with van der Waals surface area (Å²) in [5.74, 6) is 0. The third-order valence-corrected chi connectivity index (χ3v) is 3.57. The normalized spacial score (nSPS) is 11.1. The molecule has 2 aromatic heterocycles. The molecule has 0 bridgehead atoms. The van der Waals surface area contributed by atoms with E-state index < -0.39 is 0 Å². The molecule has 0 aliphatic heterocycles. The Hall–Kier alpha value is -1.40. The summed E-state index contributed by atoms with van der Waals surface area (Å²) in [4.78, 5) is 4.48. The van der Waals surface area contributed by atoms with E-state index in [1.165, 1.54) is 0 Å². The SMILES string of the molecule is Nc1ccc2nc(-n3cc(Br)cn3)sc2c1. The maximum Gasteiger partial charge on any atom is 0.211 e. The molecule has 0 atom stereocenters. The standard InChI is InChI=1S/C10H7BrN4S/c11-6-4-13-15(5-6)10-14-8-2-1-7(12)3-9(8)16-10/h1-5H,12H2. The van der Waals surface area contributed by atoms with Crippen LogP contribution < -0.4 is 5.73 Å². The molecule has 0 spiro atoms. The summed E-state index contributed by atoms with van der Waals surface area (Å²) in [6.45, 7) is 0. The molecule has 0 unspecified atom stereocenters. The lowest BCUT2D eigenvalue weighted by molar-refractivity contribution is 0.873. The van der Waals surface area contributed by atoms with Crippen molar-refractivity contribution in [3.63, 3.8) is 0 Å². The number of halogens is 1. The van der Waals surface area contributed by atoms with Gasteiger partial charge in [-0.3, -0.25) is 0 Å². The largest absolute Gasteiger partial charge is 0.399 e. The maximum absolute atomic E-state index is 5.72. The van der Waals surface area contributed by atoms with Crippen LogP contribution >= 0.6 is 27.3 Å². The number of hydrogen-bond donors (Lipinski definition) is 1. The highest BCUT2D eigenvalue weighted by atomic mass is 79.9. The fourth-order valence-electron chi connectivity index (χ4n) is 1.43. The summed E-state index contributed by atoms with van der Waals surface area (Å²) >= 11 is 4.92. The number of nitrogen functional groups attached to an aromatic ring is 1. The van der Waals surface area contributed by atoms with Crippen LogP contribution in [0.4, 0.5) is 5.69 Å². The Morgan fingerprint density at radius 2 is 2.25 bits per heavy atom. The minimum atomic E-state index is 0.754. The van der Waals surface area contributed by atoms with Gasteiger partial charge in [-0.25, -0.2) is 9.67 Å². The van der Waals surface area contributed by atoms with E-state index in [1.807, 2.05) is 24.4 Å². The Morgan fingerprint density at radius 1 is 1.38 bits per heavy atom. The fraction of sp³-hybridized carbons (Fsp3) is 0. The first kappa shape index (κ1) is 9.80. The number of anilines is 1. The first-order valence-electron chi connectivity index (χ1n) is 4.59. The van der Waals surface area contributed by atoms with Gasteiger partial charge in [-0.05, 0) is 34.1 Å². The van der Waals surface area contributed by atoms with E-state index >= 15 is 0 Å². The molecule has 0 saturated carbocycles. The van der Waals surface area contributed by atoms with E-state index in [4.69, 9.17) is 5.73 Å². The summed E-state index contributed by atoms with van der Waals surface area (Å²) < 4.78 is 3.75. The van der Waals surface area contributed by atoms with E-state index in [1.54, 1.807) is 22.2 Å². The van der Waals surface area contributed by atoms with Crippen LogP contribution in [0.15, 0.2) is 35.1 Å². The van der Waals surface area contributed by atoms with Crippen LogP contribution in [-0.2, 0) is 0 Å². The molecule has 3 rings (SSSR count). The number of nitrogens with zero attached hydrogens (tertiary/aromatic N) is 3. The van der Waals surface area contributed by atoms with Gasteiger partial charge in [0.05, 0.1) is 20.9 Å². The number of nitrogens with two attached hydrogens (primary N) is 1.